The lowest BCUT2D eigenvalue weighted by molar-refractivity contribution is 0.0932. The lowest BCUT2D eigenvalue weighted by atomic mass is 9.87. The molecular weight excluding hydrogens is 400 g/mol. The lowest BCUT2D eigenvalue weighted by Gasteiger charge is -2.26. The number of carbonyl (C=O) groups is 1. The molecule has 1 unspecified atom stereocenters. The third-order valence-corrected chi connectivity index (χ3v) is 7.29. The third-order valence-electron chi connectivity index (χ3n) is 6.15. The maximum atomic E-state index is 13.1. The second kappa shape index (κ2) is 8.35. The van der Waals surface area contributed by atoms with Gasteiger partial charge in [0.2, 0.25) is 0 Å². The summed E-state index contributed by atoms with van der Waals surface area (Å²) in [5.74, 6) is -0.0274. The molecule has 0 bridgehead atoms. The Balaban J connectivity index is 1.45. The molecule has 3 nitrogen and oxygen atoms in total. The number of nitrogens with zero attached hydrogens (tertiary/aromatic N) is 1. The number of aryl methyl sites for hydroxylation is 2. The van der Waals surface area contributed by atoms with Crippen LogP contribution in [0.3, 0.4) is 0 Å². The molecule has 3 aromatic rings. The third kappa shape index (κ3) is 3.92. The van der Waals surface area contributed by atoms with E-state index in [0.29, 0.717) is 5.56 Å². The Morgan fingerprint density at radius 2 is 1.94 bits per heavy atom. The number of hydrogen-bond donors (Lipinski definition) is 1. The maximum absolute atomic E-state index is 13.1. The number of rotatable bonds is 3. The van der Waals surface area contributed by atoms with Crippen molar-refractivity contribution in [3.05, 3.63) is 88.5 Å². The van der Waals surface area contributed by atoms with E-state index in [4.69, 9.17) is 4.99 Å². The van der Waals surface area contributed by atoms with Crippen LogP contribution in [0.2, 0.25) is 0 Å². The molecule has 1 atom stereocenters. The summed E-state index contributed by atoms with van der Waals surface area (Å²) in [5.41, 5.74) is 7.67. The van der Waals surface area contributed by atoms with Crippen LogP contribution < -0.4 is 5.32 Å². The van der Waals surface area contributed by atoms with Crippen molar-refractivity contribution in [2.75, 3.05) is 0 Å². The fourth-order valence-electron chi connectivity index (χ4n) is 4.53. The number of nitrogens with one attached hydrogen (secondary N) is 1. The Hall–Kier alpha value is -2.85. The zero-order valence-corrected chi connectivity index (χ0v) is 18.8. The van der Waals surface area contributed by atoms with Gasteiger partial charge in [-0.05, 0) is 74.1 Å². The van der Waals surface area contributed by atoms with Crippen LogP contribution in [0, 0.1) is 6.92 Å². The SMILES string of the molecule is CCC1=Nc2cc(C(=O)NC3CCCc4ccccc43)ccc2Sc2ccc(C)cc21. The summed E-state index contributed by atoms with van der Waals surface area (Å²) in [6.45, 7) is 4.25. The number of aliphatic imine (C=N–C) groups is 1. The van der Waals surface area contributed by atoms with E-state index in [9.17, 15) is 4.79 Å². The van der Waals surface area contributed by atoms with Gasteiger partial charge >= 0.3 is 0 Å². The second-order valence-electron chi connectivity index (χ2n) is 8.31. The van der Waals surface area contributed by atoms with Crippen molar-refractivity contribution < 1.29 is 4.79 Å². The first-order valence-electron chi connectivity index (χ1n) is 11.0. The summed E-state index contributed by atoms with van der Waals surface area (Å²) in [5, 5.41) is 3.27. The van der Waals surface area contributed by atoms with Crippen LogP contribution in [0.15, 0.2) is 75.4 Å². The first-order valence-corrected chi connectivity index (χ1v) is 11.8. The molecule has 1 N–H and O–H groups in total. The molecule has 31 heavy (non-hydrogen) atoms. The molecule has 4 heteroatoms. The van der Waals surface area contributed by atoms with Crippen molar-refractivity contribution in [3.63, 3.8) is 0 Å². The summed E-state index contributed by atoms with van der Waals surface area (Å²) in [6, 6.07) is 21.0. The molecule has 0 spiro atoms. The number of fused-ring (bicyclic) bond motifs is 3. The predicted octanol–water partition coefficient (Wildman–Crippen LogP) is 6.80. The van der Waals surface area contributed by atoms with E-state index in [2.05, 4.69) is 61.6 Å². The summed E-state index contributed by atoms with van der Waals surface area (Å²) in [4.78, 5) is 20.4. The van der Waals surface area contributed by atoms with Gasteiger partial charge in [0, 0.05) is 26.6 Å². The van der Waals surface area contributed by atoms with Gasteiger partial charge in [0.05, 0.1) is 11.7 Å². The topological polar surface area (TPSA) is 41.5 Å². The standard InChI is InChI=1S/C27H26N2OS/c1-3-22-21-15-17(2)11-13-25(21)31-26-14-12-19(16-24(26)28-22)27(30)29-23-10-6-8-18-7-4-5-9-20(18)23/h4-5,7,9,11-16,23H,3,6,8,10H2,1-2H3,(H,29,30). The predicted molar refractivity (Wildman–Crippen MR) is 128 cm³/mol. The second-order valence-corrected chi connectivity index (χ2v) is 9.40. The fraction of sp³-hybridized carbons (Fsp3) is 0.259. The van der Waals surface area contributed by atoms with E-state index in [1.54, 1.807) is 11.8 Å². The number of hydrogen-bond acceptors (Lipinski definition) is 3. The highest BCUT2D eigenvalue weighted by Crippen LogP contribution is 2.41. The smallest absolute Gasteiger partial charge is 0.251 e. The first kappa shape index (κ1) is 20.1. The Labute approximate surface area is 188 Å². The minimum atomic E-state index is -0.0274. The molecule has 1 aliphatic carbocycles. The Morgan fingerprint density at radius 1 is 1.10 bits per heavy atom. The van der Waals surface area contributed by atoms with Crippen LogP contribution in [-0.4, -0.2) is 11.6 Å². The van der Waals surface area contributed by atoms with Gasteiger partial charge in [0.15, 0.2) is 0 Å². The minimum absolute atomic E-state index is 0.0274. The lowest BCUT2D eigenvalue weighted by Crippen LogP contribution is -2.30. The summed E-state index contributed by atoms with van der Waals surface area (Å²) in [6.07, 6.45) is 4.03. The van der Waals surface area contributed by atoms with Gasteiger partial charge < -0.3 is 5.32 Å². The molecule has 0 saturated carbocycles. The van der Waals surface area contributed by atoms with E-state index < -0.39 is 0 Å². The van der Waals surface area contributed by atoms with Crippen molar-refractivity contribution in [1.82, 2.24) is 5.32 Å². The van der Waals surface area contributed by atoms with Crippen molar-refractivity contribution in [1.29, 1.82) is 0 Å². The highest BCUT2D eigenvalue weighted by Gasteiger charge is 2.23. The van der Waals surface area contributed by atoms with E-state index in [1.165, 1.54) is 27.1 Å². The quantitative estimate of drug-likeness (QED) is 0.500. The summed E-state index contributed by atoms with van der Waals surface area (Å²) >= 11 is 1.73. The molecule has 1 amide bonds. The average molecular weight is 427 g/mol. The van der Waals surface area contributed by atoms with Crippen LogP contribution in [0.1, 0.15) is 64.8 Å². The Morgan fingerprint density at radius 3 is 2.81 bits per heavy atom. The minimum Gasteiger partial charge on any atom is -0.345 e. The number of amides is 1. The molecular formula is C27H26N2OS. The molecule has 0 fully saturated rings. The van der Waals surface area contributed by atoms with Crippen LogP contribution >= 0.6 is 11.8 Å². The molecule has 0 saturated heterocycles. The van der Waals surface area contributed by atoms with Gasteiger partial charge in [-0.2, -0.15) is 0 Å². The highest BCUT2D eigenvalue weighted by atomic mass is 32.2. The molecule has 1 aliphatic heterocycles. The van der Waals surface area contributed by atoms with Crippen LogP contribution in [0.25, 0.3) is 0 Å². The fourth-order valence-corrected chi connectivity index (χ4v) is 5.53. The van der Waals surface area contributed by atoms with Crippen molar-refractivity contribution >= 4 is 29.1 Å². The monoisotopic (exact) mass is 426 g/mol. The van der Waals surface area contributed by atoms with E-state index in [-0.39, 0.29) is 11.9 Å². The van der Waals surface area contributed by atoms with Gasteiger partial charge in [-0.3, -0.25) is 9.79 Å². The Bertz CT molecular complexity index is 1200. The normalized spacial score (nSPS) is 17.0. The maximum Gasteiger partial charge on any atom is 0.251 e. The van der Waals surface area contributed by atoms with Gasteiger partial charge in [-0.25, -0.2) is 0 Å². The summed E-state index contributed by atoms with van der Waals surface area (Å²) < 4.78 is 0. The first-order chi connectivity index (χ1) is 15.1. The van der Waals surface area contributed by atoms with Crippen molar-refractivity contribution in [2.24, 2.45) is 4.99 Å². The molecule has 0 radical (unpaired) electrons. The highest BCUT2D eigenvalue weighted by molar-refractivity contribution is 7.99. The van der Waals surface area contributed by atoms with Gasteiger partial charge in [-0.15, -0.1) is 0 Å². The zero-order chi connectivity index (χ0) is 21.4. The Kier molecular flexibility index (Phi) is 5.41. The molecule has 0 aromatic heterocycles. The zero-order valence-electron chi connectivity index (χ0n) is 17.9. The molecule has 5 rings (SSSR count). The van der Waals surface area contributed by atoms with Crippen molar-refractivity contribution in [3.8, 4) is 0 Å². The summed E-state index contributed by atoms with van der Waals surface area (Å²) in [7, 11) is 0. The van der Waals surface area contributed by atoms with E-state index in [0.717, 1.165) is 42.0 Å². The van der Waals surface area contributed by atoms with Crippen LogP contribution in [0.4, 0.5) is 5.69 Å². The van der Waals surface area contributed by atoms with E-state index in [1.807, 2.05) is 18.2 Å². The van der Waals surface area contributed by atoms with Gasteiger partial charge in [0.1, 0.15) is 0 Å². The van der Waals surface area contributed by atoms with Gasteiger partial charge in [0.25, 0.3) is 5.91 Å². The van der Waals surface area contributed by atoms with Crippen LogP contribution in [0.5, 0.6) is 0 Å². The number of benzene rings is 3. The number of carbonyl (C=O) groups excluding carboxylic acids is 1. The molecule has 3 aromatic carbocycles. The van der Waals surface area contributed by atoms with Crippen LogP contribution in [-0.2, 0) is 6.42 Å². The van der Waals surface area contributed by atoms with Crippen molar-refractivity contribution in [2.45, 2.75) is 55.4 Å². The largest absolute Gasteiger partial charge is 0.345 e. The molecule has 2 aliphatic rings. The average Bonchev–Trinajstić information content (AvgIpc) is 2.95. The van der Waals surface area contributed by atoms with E-state index >= 15 is 0 Å². The molecule has 156 valence electrons. The van der Waals surface area contributed by atoms with Gasteiger partial charge in [-0.1, -0.05) is 54.6 Å². The molecule has 1 heterocycles.